The molecular formula is C12H24O4S4Y. The van der Waals surface area contributed by atoms with Crippen molar-refractivity contribution >= 4 is 55.1 Å². The Bertz CT molecular complexity index is 198. The number of carbonyl (C=O) groups is 2. The van der Waals surface area contributed by atoms with Crippen LogP contribution in [-0.2, 0) is 42.3 Å². The number of carboxylic acids is 2. The Balaban J connectivity index is -0.000000202. The van der Waals surface area contributed by atoms with Gasteiger partial charge in [-0.15, -0.1) is 0 Å². The maximum atomic E-state index is 9.37. The van der Waals surface area contributed by atoms with Gasteiger partial charge < -0.3 is 10.2 Å². The van der Waals surface area contributed by atoms with Crippen molar-refractivity contribution in [3.05, 3.63) is 0 Å². The molecule has 123 valence electrons. The fourth-order valence-corrected chi connectivity index (χ4v) is 5.30. The summed E-state index contributed by atoms with van der Waals surface area (Å²) in [5.74, 6) is 4.03. The van der Waals surface area contributed by atoms with Gasteiger partial charge in [-0.05, 0) is 12.8 Å². The maximum Gasteiger partial charge on any atom is 0.303 e. The second kappa shape index (κ2) is 23.7. The van der Waals surface area contributed by atoms with Crippen molar-refractivity contribution in [3.8, 4) is 0 Å². The van der Waals surface area contributed by atoms with Crippen LogP contribution in [0.25, 0.3) is 0 Å². The summed E-state index contributed by atoms with van der Waals surface area (Å²) in [6.45, 7) is 3.20. The van der Waals surface area contributed by atoms with Crippen LogP contribution in [0.1, 0.15) is 39.5 Å². The van der Waals surface area contributed by atoms with Crippen LogP contribution in [0.3, 0.4) is 0 Å². The van der Waals surface area contributed by atoms with E-state index in [1.807, 2.05) is 43.2 Å². The largest absolute Gasteiger partial charge is 0.481 e. The van der Waals surface area contributed by atoms with Crippen LogP contribution in [0.4, 0.5) is 0 Å². The van der Waals surface area contributed by atoms with E-state index in [-0.39, 0.29) is 45.6 Å². The van der Waals surface area contributed by atoms with Crippen LogP contribution < -0.4 is 0 Å². The van der Waals surface area contributed by atoms with E-state index >= 15 is 0 Å². The minimum absolute atomic E-state index is 0. The molecule has 4 nitrogen and oxygen atoms in total. The van der Waals surface area contributed by atoms with Gasteiger partial charge in [0.25, 0.3) is 0 Å². The van der Waals surface area contributed by atoms with Gasteiger partial charge in [0.1, 0.15) is 0 Å². The molecule has 0 aliphatic carbocycles. The minimum atomic E-state index is -0.745. The van der Waals surface area contributed by atoms with Gasteiger partial charge in [-0.25, -0.2) is 0 Å². The monoisotopic (exact) mass is 449 g/mol. The molecule has 0 aromatic heterocycles. The summed E-state index contributed by atoms with van der Waals surface area (Å²) >= 11 is 0. The topological polar surface area (TPSA) is 74.6 Å². The molecule has 2 heterocycles. The quantitative estimate of drug-likeness (QED) is 0.597. The molecule has 0 bridgehead atoms. The number of rotatable bonds is 2. The Morgan fingerprint density at radius 3 is 1.00 bits per heavy atom. The molecule has 2 aliphatic rings. The molecule has 2 fully saturated rings. The van der Waals surface area contributed by atoms with Crippen molar-refractivity contribution < 1.29 is 52.5 Å². The van der Waals surface area contributed by atoms with Gasteiger partial charge in [0, 0.05) is 68.6 Å². The molecule has 0 aromatic carbocycles. The van der Waals surface area contributed by atoms with Gasteiger partial charge in [-0.1, -0.05) is 57.0 Å². The molecule has 1 radical (unpaired) electrons. The molecule has 2 saturated heterocycles. The summed E-state index contributed by atoms with van der Waals surface area (Å²) in [5.41, 5.74) is 0. The Morgan fingerprint density at radius 1 is 0.762 bits per heavy atom. The molecule has 2 N–H and O–H groups in total. The van der Waals surface area contributed by atoms with Crippen molar-refractivity contribution in [2.45, 2.75) is 39.5 Å². The zero-order chi connectivity index (χ0) is 15.6. The first kappa shape index (κ1) is 27.3. The first-order valence-electron chi connectivity index (χ1n) is 6.46. The zero-order valence-electron chi connectivity index (χ0n) is 12.6. The second-order valence-corrected chi connectivity index (χ2v) is 8.89. The van der Waals surface area contributed by atoms with Crippen molar-refractivity contribution in [2.75, 3.05) is 23.0 Å². The Morgan fingerprint density at radius 2 is 0.952 bits per heavy atom. The molecule has 0 unspecified atom stereocenters. The standard InChI is InChI=1S/2C3H6O2.2C3H6S2.Y/c2*1-2-3(4)5;2*1-2-4-5-3-1;/h2*2H2,1H3,(H,4,5);2*1-3H2;. The van der Waals surface area contributed by atoms with Crippen LogP contribution in [-0.4, -0.2) is 45.2 Å². The molecular weight excluding hydrogens is 425 g/mol. The van der Waals surface area contributed by atoms with E-state index in [1.54, 1.807) is 13.8 Å². The first-order chi connectivity index (χ1) is 9.54. The van der Waals surface area contributed by atoms with E-state index in [1.165, 1.54) is 35.9 Å². The van der Waals surface area contributed by atoms with Gasteiger partial charge in [0.2, 0.25) is 0 Å². The summed E-state index contributed by atoms with van der Waals surface area (Å²) in [4.78, 5) is 18.7. The molecule has 0 saturated carbocycles. The van der Waals surface area contributed by atoms with Crippen LogP contribution in [0.15, 0.2) is 0 Å². The number of hydrogen-bond donors (Lipinski definition) is 2. The molecule has 0 spiro atoms. The molecule has 0 aromatic rings. The predicted molar refractivity (Wildman–Crippen MR) is 94.9 cm³/mol. The van der Waals surface area contributed by atoms with Crippen molar-refractivity contribution in [1.82, 2.24) is 0 Å². The van der Waals surface area contributed by atoms with E-state index in [9.17, 15) is 9.59 Å². The number of carboxylic acid groups (broad SMARTS) is 2. The summed E-state index contributed by atoms with van der Waals surface area (Å²) in [5, 5.41) is 15.4. The van der Waals surface area contributed by atoms with E-state index in [0.29, 0.717) is 0 Å². The van der Waals surface area contributed by atoms with Gasteiger partial charge >= 0.3 is 11.9 Å². The third kappa shape index (κ3) is 34.0. The fraction of sp³-hybridized carbons (Fsp3) is 0.833. The SMILES string of the molecule is C1CSSC1.C1CSSC1.CCC(=O)O.CCC(=O)O.[Y]. The average molecular weight is 449 g/mol. The summed E-state index contributed by atoms with van der Waals surface area (Å²) in [7, 11) is 7.96. The third-order valence-corrected chi connectivity index (χ3v) is 6.84. The summed E-state index contributed by atoms with van der Waals surface area (Å²) in [6.07, 6.45) is 3.30. The second-order valence-electron chi connectivity index (χ2n) is 3.49. The van der Waals surface area contributed by atoms with Crippen LogP contribution in [0.2, 0.25) is 0 Å². The Hall–Kier alpha value is 1.44. The zero-order valence-corrected chi connectivity index (χ0v) is 18.7. The van der Waals surface area contributed by atoms with Crippen molar-refractivity contribution in [1.29, 1.82) is 0 Å². The van der Waals surface area contributed by atoms with Crippen molar-refractivity contribution in [2.24, 2.45) is 0 Å². The minimum Gasteiger partial charge on any atom is -0.481 e. The molecule has 2 rings (SSSR count). The summed E-state index contributed by atoms with van der Waals surface area (Å²) < 4.78 is 0. The van der Waals surface area contributed by atoms with Crippen LogP contribution in [0, 0.1) is 0 Å². The molecule has 9 heteroatoms. The van der Waals surface area contributed by atoms with Gasteiger partial charge in [0.15, 0.2) is 0 Å². The Labute approximate surface area is 168 Å². The summed E-state index contributed by atoms with van der Waals surface area (Å²) in [6, 6.07) is 0. The van der Waals surface area contributed by atoms with Gasteiger partial charge in [0.05, 0.1) is 0 Å². The first-order valence-corrected chi connectivity index (χ1v) is 11.4. The van der Waals surface area contributed by atoms with Crippen molar-refractivity contribution in [3.63, 3.8) is 0 Å². The smallest absolute Gasteiger partial charge is 0.303 e. The predicted octanol–water partition coefficient (Wildman–Crippen LogP) is 4.50. The molecule has 0 atom stereocenters. The molecule has 0 amide bonds. The van der Waals surface area contributed by atoms with Gasteiger partial charge in [-0.3, -0.25) is 9.59 Å². The average Bonchev–Trinajstić information content (AvgIpc) is 3.16. The van der Waals surface area contributed by atoms with E-state index in [4.69, 9.17) is 10.2 Å². The molecule has 21 heavy (non-hydrogen) atoms. The number of aliphatic carboxylic acids is 2. The van der Waals surface area contributed by atoms with Crippen LogP contribution >= 0.6 is 43.2 Å². The van der Waals surface area contributed by atoms with Gasteiger partial charge in [-0.2, -0.15) is 0 Å². The van der Waals surface area contributed by atoms with Crippen LogP contribution in [0.5, 0.6) is 0 Å². The van der Waals surface area contributed by atoms with E-state index in [2.05, 4.69) is 0 Å². The third-order valence-electron chi connectivity index (χ3n) is 1.68. The maximum absolute atomic E-state index is 9.37. The van der Waals surface area contributed by atoms with E-state index < -0.39 is 11.9 Å². The number of hydrogen-bond acceptors (Lipinski definition) is 6. The van der Waals surface area contributed by atoms with E-state index in [0.717, 1.165) is 0 Å². The molecule has 2 aliphatic heterocycles. The Kier molecular flexibility index (Phi) is 30.8. The normalized spacial score (nSPS) is 15.0. The fourth-order valence-electron chi connectivity index (χ4n) is 0.589.